The molecular formula is C15H27N5S. The Morgan fingerprint density at radius 1 is 1.14 bits per heavy atom. The van der Waals surface area contributed by atoms with Gasteiger partial charge in [-0.3, -0.25) is 4.90 Å². The molecule has 3 rings (SSSR count). The second kappa shape index (κ2) is 6.18. The Morgan fingerprint density at radius 2 is 1.76 bits per heavy atom. The molecule has 0 unspecified atom stereocenters. The molecule has 2 heterocycles. The van der Waals surface area contributed by atoms with E-state index in [-0.39, 0.29) is 0 Å². The van der Waals surface area contributed by atoms with Crippen LogP contribution in [0.1, 0.15) is 38.4 Å². The van der Waals surface area contributed by atoms with Gasteiger partial charge in [-0.15, -0.1) is 0 Å². The molecule has 0 aromatic carbocycles. The average Bonchev–Trinajstić information content (AvgIpc) is 3.24. The Hall–Kier alpha value is -0.720. The Balaban J connectivity index is 1.58. The van der Waals surface area contributed by atoms with E-state index in [2.05, 4.69) is 35.3 Å². The van der Waals surface area contributed by atoms with Gasteiger partial charge in [0, 0.05) is 45.7 Å². The molecule has 2 aliphatic rings. The minimum atomic E-state index is 0.654. The van der Waals surface area contributed by atoms with E-state index in [1.165, 1.54) is 25.2 Å². The zero-order valence-electron chi connectivity index (χ0n) is 13.5. The second-order valence-electron chi connectivity index (χ2n) is 6.93. The van der Waals surface area contributed by atoms with Crippen LogP contribution < -0.4 is 0 Å². The summed E-state index contributed by atoms with van der Waals surface area (Å²) in [6.07, 6.45) is 2.54. The van der Waals surface area contributed by atoms with Crippen molar-refractivity contribution in [1.29, 1.82) is 0 Å². The molecule has 0 spiro atoms. The van der Waals surface area contributed by atoms with Crippen LogP contribution in [0.3, 0.4) is 0 Å². The van der Waals surface area contributed by atoms with Crippen LogP contribution in [-0.4, -0.2) is 56.9 Å². The highest BCUT2D eigenvalue weighted by Gasteiger charge is 2.29. The summed E-state index contributed by atoms with van der Waals surface area (Å²) in [6, 6.07) is 0. The SMILES string of the molecule is CC(C)CN1CCN(Cn2nc(C3CC3)n(C)c2=S)CC1. The van der Waals surface area contributed by atoms with Gasteiger partial charge in [0.25, 0.3) is 0 Å². The van der Waals surface area contributed by atoms with Crippen LogP contribution in [0.15, 0.2) is 0 Å². The van der Waals surface area contributed by atoms with E-state index >= 15 is 0 Å². The molecule has 1 aliphatic heterocycles. The molecule has 1 aromatic heterocycles. The van der Waals surface area contributed by atoms with Crippen LogP contribution in [0, 0.1) is 10.7 Å². The summed E-state index contributed by atoms with van der Waals surface area (Å²) >= 11 is 5.54. The van der Waals surface area contributed by atoms with Gasteiger partial charge in [-0.2, -0.15) is 5.10 Å². The van der Waals surface area contributed by atoms with Gasteiger partial charge in [-0.05, 0) is 31.0 Å². The van der Waals surface area contributed by atoms with Gasteiger partial charge < -0.3 is 9.47 Å². The van der Waals surface area contributed by atoms with E-state index in [1.807, 2.05) is 4.68 Å². The van der Waals surface area contributed by atoms with Crippen LogP contribution in [0.2, 0.25) is 0 Å². The van der Waals surface area contributed by atoms with E-state index in [0.717, 1.165) is 43.5 Å². The lowest BCUT2D eigenvalue weighted by molar-refractivity contribution is 0.0949. The monoisotopic (exact) mass is 309 g/mol. The summed E-state index contributed by atoms with van der Waals surface area (Å²) < 4.78 is 4.98. The fourth-order valence-electron chi connectivity index (χ4n) is 3.11. The molecule has 0 amide bonds. The molecule has 6 heteroatoms. The van der Waals surface area contributed by atoms with Gasteiger partial charge in [0.1, 0.15) is 5.82 Å². The summed E-state index contributed by atoms with van der Waals surface area (Å²) in [4.78, 5) is 5.03. The number of hydrogen-bond acceptors (Lipinski definition) is 4. The van der Waals surface area contributed by atoms with Crippen molar-refractivity contribution >= 4 is 12.2 Å². The van der Waals surface area contributed by atoms with Crippen LogP contribution in [-0.2, 0) is 13.7 Å². The summed E-state index contributed by atoms with van der Waals surface area (Å²) in [6.45, 7) is 11.2. The first kappa shape index (κ1) is 15.2. The van der Waals surface area contributed by atoms with Crippen LogP contribution >= 0.6 is 12.2 Å². The minimum absolute atomic E-state index is 0.654. The fourth-order valence-corrected chi connectivity index (χ4v) is 3.31. The van der Waals surface area contributed by atoms with Gasteiger partial charge >= 0.3 is 0 Å². The molecule has 5 nitrogen and oxygen atoms in total. The zero-order chi connectivity index (χ0) is 15.0. The van der Waals surface area contributed by atoms with E-state index in [0.29, 0.717) is 5.92 Å². The van der Waals surface area contributed by atoms with Crippen molar-refractivity contribution in [3.05, 3.63) is 10.6 Å². The third kappa shape index (κ3) is 3.55. The maximum absolute atomic E-state index is 5.54. The molecule has 0 atom stereocenters. The smallest absolute Gasteiger partial charge is 0.198 e. The number of rotatable bonds is 5. The molecule has 21 heavy (non-hydrogen) atoms. The second-order valence-corrected chi connectivity index (χ2v) is 7.29. The van der Waals surface area contributed by atoms with Crippen molar-refractivity contribution in [2.75, 3.05) is 32.7 Å². The van der Waals surface area contributed by atoms with Crippen molar-refractivity contribution in [1.82, 2.24) is 24.1 Å². The van der Waals surface area contributed by atoms with E-state index in [4.69, 9.17) is 17.3 Å². The van der Waals surface area contributed by atoms with Gasteiger partial charge in [-0.25, -0.2) is 4.68 Å². The average molecular weight is 309 g/mol. The highest BCUT2D eigenvalue weighted by atomic mass is 32.1. The van der Waals surface area contributed by atoms with Crippen molar-refractivity contribution in [3.63, 3.8) is 0 Å². The van der Waals surface area contributed by atoms with Gasteiger partial charge in [-0.1, -0.05) is 13.8 Å². The first-order chi connectivity index (χ1) is 10.0. The first-order valence-corrected chi connectivity index (χ1v) is 8.54. The van der Waals surface area contributed by atoms with Gasteiger partial charge in [0.15, 0.2) is 4.77 Å². The summed E-state index contributed by atoms with van der Waals surface area (Å²) in [5.74, 6) is 2.58. The van der Waals surface area contributed by atoms with Crippen molar-refractivity contribution in [3.8, 4) is 0 Å². The van der Waals surface area contributed by atoms with Crippen molar-refractivity contribution < 1.29 is 0 Å². The molecule has 2 fully saturated rings. The molecule has 1 saturated heterocycles. The third-order valence-corrected chi connectivity index (χ3v) is 4.92. The topological polar surface area (TPSA) is 29.2 Å². The molecule has 118 valence electrons. The number of hydrogen-bond donors (Lipinski definition) is 0. The Bertz CT molecular complexity index is 535. The summed E-state index contributed by atoms with van der Waals surface area (Å²) in [5.41, 5.74) is 0. The Kier molecular flexibility index (Phi) is 4.47. The fraction of sp³-hybridized carbons (Fsp3) is 0.867. The minimum Gasteiger partial charge on any atom is -0.307 e. The van der Waals surface area contributed by atoms with Crippen LogP contribution in [0.5, 0.6) is 0 Å². The third-order valence-electron chi connectivity index (χ3n) is 4.44. The Morgan fingerprint density at radius 3 is 2.33 bits per heavy atom. The lowest BCUT2D eigenvalue weighted by atomic mass is 10.2. The van der Waals surface area contributed by atoms with Crippen molar-refractivity contribution in [2.24, 2.45) is 13.0 Å². The van der Waals surface area contributed by atoms with E-state index in [9.17, 15) is 0 Å². The maximum Gasteiger partial charge on any atom is 0.198 e. The highest BCUT2D eigenvalue weighted by Crippen LogP contribution is 2.38. The lowest BCUT2D eigenvalue weighted by Gasteiger charge is -2.35. The highest BCUT2D eigenvalue weighted by molar-refractivity contribution is 7.71. The van der Waals surface area contributed by atoms with E-state index < -0.39 is 0 Å². The zero-order valence-corrected chi connectivity index (χ0v) is 14.3. The van der Waals surface area contributed by atoms with Crippen molar-refractivity contribution in [2.45, 2.75) is 39.3 Å². The Labute approximate surface area is 132 Å². The standard InChI is InChI=1S/C15H27N5S/c1-12(2)10-18-6-8-19(9-7-18)11-20-15(21)17(3)14(16-20)13-4-5-13/h12-13H,4-11H2,1-3H3. The molecule has 0 N–H and O–H groups in total. The summed E-state index contributed by atoms with van der Waals surface area (Å²) in [5, 5.41) is 4.75. The largest absolute Gasteiger partial charge is 0.307 e. The van der Waals surface area contributed by atoms with Gasteiger partial charge in [0.2, 0.25) is 0 Å². The summed E-state index contributed by atoms with van der Waals surface area (Å²) in [7, 11) is 2.06. The normalized spacial score (nSPS) is 21.3. The first-order valence-electron chi connectivity index (χ1n) is 8.13. The molecule has 1 aromatic rings. The predicted molar refractivity (Wildman–Crippen MR) is 86.9 cm³/mol. The molecule has 0 bridgehead atoms. The molecule has 1 aliphatic carbocycles. The molecular weight excluding hydrogens is 282 g/mol. The molecule has 0 radical (unpaired) electrons. The van der Waals surface area contributed by atoms with Crippen LogP contribution in [0.25, 0.3) is 0 Å². The van der Waals surface area contributed by atoms with E-state index in [1.54, 1.807) is 0 Å². The quantitative estimate of drug-likeness (QED) is 0.779. The lowest BCUT2D eigenvalue weighted by Crippen LogP contribution is -2.47. The predicted octanol–water partition coefficient (Wildman–Crippen LogP) is 2.06. The van der Waals surface area contributed by atoms with Gasteiger partial charge in [0.05, 0.1) is 6.67 Å². The number of nitrogens with zero attached hydrogens (tertiary/aromatic N) is 5. The molecule has 1 saturated carbocycles. The number of piperazine rings is 1. The maximum atomic E-state index is 5.54. The number of aromatic nitrogens is 3. The van der Waals surface area contributed by atoms with Crippen LogP contribution in [0.4, 0.5) is 0 Å².